The van der Waals surface area contributed by atoms with E-state index >= 15 is 0 Å². The smallest absolute Gasteiger partial charge is 0.346 e. The van der Waals surface area contributed by atoms with Crippen LogP contribution < -0.4 is 0 Å². The fourth-order valence-electron chi connectivity index (χ4n) is 1.44. The molecule has 0 aliphatic rings. The van der Waals surface area contributed by atoms with Crippen LogP contribution in [0.1, 0.15) is 31.9 Å². The third kappa shape index (κ3) is 13.8. The molecule has 0 heterocycles. The molecule has 0 nitrogen and oxygen atoms in total. The molecule has 0 bridgehead atoms. The molecule has 2 rings (SSSR count). The maximum atomic E-state index is 3.25. The first-order valence-corrected chi connectivity index (χ1v) is 6.99. The normalized spacial score (nSPS) is 7.33. The van der Waals surface area contributed by atoms with E-state index in [-0.39, 0.29) is 21.7 Å². The van der Waals surface area contributed by atoms with Gasteiger partial charge in [0.15, 0.2) is 0 Å². The van der Waals surface area contributed by atoms with Crippen LogP contribution in [0.4, 0.5) is 0 Å². The largest absolute Gasteiger partial charge is 4.00 e. The van der Waals surface area contributed by atoms with Crippen molar-refractivity contribution in [2.45, 2.75) is 27.2 Å². The molecule has 1 heteroatoms. The maximum Gasteiger partial charge on any atom is 4.00 e. The summed E-state index contributed by atoms with van der Waals surface area (Å²) in [5.74, 6) is 0. The molecule has 0 amide bonds. The molecule has 0 saturated heterocycles. The minimum absolute atomic E-state index is 0. The van der Waals surface area contributed by atoms with E-state index in [1.54, 1.807) is 20.8 Å². The third-order valence-corrected chi connectivity index (χ3v) is 2.22. The first-order chi connectivity index (χ1) is 9.95. The van der Waals surface area contributed by atoms with Crippen LogP contribution in [0.2, 0.25) is 0 Å². The summed E-state index contributed by atoms with van der Waals surface area (Å²) in [6, 6.07) is 20.9. The predicted octanol–water partition coefficient (Wildman–Crippen LogP) is 6.00. The Morgan fingerprint density at radius 1 is 0.667 bits per heavy atom. The number of benzene rings is 2. The van der Waals surface area contributed by atoms with Crippen molar-refractivity contribution in [3.63, 3.8) is 0 Å². The van der Waals surface area contributed by atoms with Crippen molar-refractivity contribution in [3.05, 3.63) is 99.0 Å². The summed E-state index contributed by atoms with van der Waals surface area (Å²) in [6.45, 7) is 15.0. The summed E-state index contributed by atoms with van der Waals surface area (Å²) >= 11 is 0. The van der Waals surface area contributed by atoms with Gasteiger partial charge in [0.2, 0.25) is 0 Å². The Labute approximate surface area is 147 Å². The molecule has 0 fully saturated rings. The molecule has 0 aromatic heterocycles. The zero-order valence-corrected chi connectivity index (χ0v) is 15.2. The number of rotatable bonds is 3. The Morgan fingerprint density at radius 2 is 1.05 bits per heavy atom. The van der Waals surface area contributed by atoms with Crippen LogP contribution in [0.3, 0.4) is 0 Å². The van der Waals surface area contributed by atoms with Crippen LogP contribution in [0.5, 0.6) is 0 Å². The monoisotopic (exact) mass is 316 g/mol. The van der Waals surface area contributed by atoms with Crippen LogP contribution in [0, 0.1) is 27.2 Å². The average Bonchev–Trinajstić information content (AvgIpc) is 2.60. The van der Waals surface area contributed by atoms with E-state index < -0.39 is 0 Å². The van der Waals surface area contributed by atoms with Crippen molar-refractivity contribution in [2.24, 2.45) is 0 Å². The molecular formula is C20H28Ti. The van der Waals surface area contributed by atoms with Crippen LogP contribution in [0.25, 0.3) is 0 Å². The third-order valence-electron chi connectivity index (χ3n) is 2.22. The Hall–Kier alpha value is -0.976. The quantitative estimate of drug-likeness (QED) is 0.481. The minimum Gasteiger partial charge on any atom is -0.346 e. The van der Waals surface area contributed by atoms with E-state index in [4.69, 9.17) is 0 Å². The zero-order valence-electron chi connectivity index (χ0n) is 13.7. The van der Waals surface area contributed by atoms with Crippen LogP contribution in [-0.4, -0.2) is 0 Å². The van der Waals surface area contributed by atoms with Gasteiger partial charge in [0.05, 0.1) is 0 Å². The van der Waals surface area contributed by atoms with E-state index in [9.17, 15) is 0 Å². The van der Waals surface area contributed by atoms with Gasteiger partial charge in [0, 0.05) is 0 Å². The molecule has 0 N–H and O–H groups in total. The van der Waals surface area contributed by atoms with Gasteiger partial charge < -0.3 is 20.8 Å². The van der Waals surface area contributed by atoms with Gasteiger partial charge in [-0.15, -0.1) is 12.1 Å². The fourth-order valence-corrected chi connectivity index (χ4v) is 1.44. The van der Waals surface area contributed by atoms with Gasteiger partial charge in [0.1, 0.15) is 0 Å². The summed E-state index contributed by atoms with van der Waals surface area (Å²) in [5.41, 5.74) is 2.65. The Morgan fingerprint density at radius 3 is 1.48 bits per heavy atom. The van der Waals surface area contributed by atoms with Crippen molar-refractivity contribution in [1.29, 1.82) is 0 Å². The molecule has 0 unspecified atom stereocenters. The molecule has 2 aromatic rings. The summed E-state index contributed by atoms with van der Waals surface area (Å²) in [6.07, 6.45) is 3.25. The standard InChI is InChI=1S/C14H13.3C2H5.Ti/c1-3-7-13(8-4-1)11-12-14-9-5-2-6-10-14;3*1-2;/h1-11H,12H2;3*1H2,2H3;/q4*-1;+4. The topological polar surface area (TPSA) is 0 Å². The van der Waals surface area contributed by atoms with Crippen LogP contribution in [0.15, 0.2) is 60.7 Å². The van der Waals surface area contributed by atoms with Gasteiger partial charge in [-0.05, 0) is 0 Å². The summed E-state index contributed by atoms with van der Waals surface area (Å²) in [7, 11) is 0. The second-order valence-corrected chi connectivity index (χ2v) is 3.30. The minimum atomic E-state index is 0. The zero-order chi connectivity index (χ0) is 15.6. The molecule has 112 valence electrons. The Kier molecular flexibility index (Phi) is 25.4. The molecular weight excluding hydrogens is 288 g/mol. The second kappa shape index (κ2) is 21.3. The molecule has 0 atom stereocenters. The molecule has 0 aliphatic heterocycles. The second-order valence-electron chi connectivity index (χ2n) is 3.30. The summed E-state index contributed by atoms with van der Waals surface area (Å²) in [5, 5.41) is 0. The first kappa shape index (κ1) is 25.0. The van der Waals surface area contributed by atoms with Gasteiger partial charge in [-0.1, -0.05) is 48.4 Å². The van der Waals surface area contributed by atoms with E-state index in [0.717, 1.165) is 6.42 Å². The van der Waals surface area contributed by atoms with Crippen molar-refractivity contribution >= 4 is 0 Å². The Balaban J connectivity index is -0.000000414. The van der Waals surface area contributed by atoms with Gasteiger partial charge >= 0.3 is 21.7 Å². The summed E-state index contributed by atoms with van der Waals surface area (Å²) in [4.78, 5) is 0. The molecule has 0 radical (unpaired) electrons. The summed E-state index contributed by atoms with van der Waals surface area (Å²) < 4.78 is 0. The van der Waals surface area contributed by atoms with Crippen molar-refractivity contribution in [3.8, 4) is 0 Å². The van der Waals surface area contributed by atoms with E-state index in [2.05, 4.69) is 75.7 Å². The van der Waals surface area contributed by atoms with Gasteiger partial charge in [-0.25, -0.2) is 0 Å². The van der Waals surface area contributed by atoms with E-state index in [1.807, 2.05) is 12.1 Å². The number of hydrogen-bond acceptors (Lipinski definition) is 0. The molecule has 21 heavy (non-hydrogen) atoms. The SMILES string of the molecule is [CH2-]C.[CH2-]C.[CH2-]C.[Ti+4].c1ccc([CH-]Cc2ccccc2)cc1. The van der Waals surface area contributed by atoms with Crippen molar-refractivity contribution < 1.29 is 21.7 Å². The molecule has 0 aliphatic carbocycles. The average molecular weight is 316 g/mol. The predicted molar refractivity (Wildman–Crippen MR) is 93.1 cm³/mol. The van der Waals surface area contributed by atoms with Gasteiger partial charge in [-0.3, -0.25) is 0 Å². The fraction of sp³-hybridized carbons (Fsp3) is 0.200. The molecule has 0 saturated carbocycles. The van der Waals surface area contributed by atoms with Crippen molar-refractivity contribution in [2.75, 3.05) is 0 Å². The molecule has 2 aromatic carbocycles. The van der Waals surface area contributed by atoms with Crippen LogP contribution in [-0.2, 0) is 28.1 Å². The maximum absolute atomic E-state index is 3.25. The van der Waals surface area contributed by atoms with E-state index in [0.29, 0.717) is 0 Å². The number of hydrogen-bond donors (Lipinski definition) is 0. The van der Waals surface area contributed by atoms with Crippen molar-refractivity contribution in [1.82, 2.24) is 0 Å². The molecule has 0 spiro atoms. The van der Waals surface area contributed by atoms with E-state index in [1.165, 1.54) is 11.1 Å². The van der Waals surface area contributed by atoms with Crippen LogP contribution >= 0.6 is 0 Å². The Bertz CT molecular complexity index is 328. The van der Waals surface area contributed by atoms with Gasteiger partial charge in [0.25, 0.3) is 0 Å². The van der Waals surface area contributed by atoms with Gasteiger partial charge in [-0.2, -0.15) is 44.9 Å². The first-order valence-electron chi connectivity index (χ1n) is 6.99.